The van der Waals surface area contributed by atoms with Gasteiger partial charge in [0, 0.05) is 0 Å². The van der Waals surface area contributed by atoms with Crippen LogP contribution in [0.1, 0.15) is 13.8 Å². The van der Waals surface area contributed by atoms with Crippen molar-refractivity contribution in [1.82, 2.24) is 10.6 Å². The SMILES string of the molecule is CNC(NC)OCC(C)C. The molecule has 0 rings (SSSR count). The number of ether oxygens (including phenoxy) is 1. The first kappa shape index (κ1) is 9.88. The van der Waals surface area contributed by atoms with Crippen molar-refractivity contribution in [3.63, 3.8) is 0 Å². The lowest BCUT2D eigenvalue weighted by Crippen LogP contribution is -2.40. The topological polar surface area (TPSA) is 33.3 Å². The van der Waals surface area contributed by atoms with Gasteiger partial charge in [0.1, 0.15) is 0 Å². The van der Waals surface area contributed by atoms with Gasteiger partial charge in [-0.2, -0.15) is 0 Å². The zero-order valence-electron chi connectivity index (χ0n) is 7.27. The van der Waals surface area contributed by atoms with Crippen LogP contribution in [0.15, 0.2) is 0 Å². The maximum absolute atomic E-state index is 5.38. The molecule has 62 valence electrons. The normalized spacial score (nSPS) is 11.4. The Kier molecular flexibility index (Phi) is 5.58. The third-order valence-electron chi connectivity index (χ3n) is 1.12. The van der Waals surface area contributed by atoms with E-state index in [0.717, 1.165) is 6.61 Å². The van der Waals surface area contributed by atoms with Crippen molar-refractivity contribution >= 4 is 0 Å². The van der Waals surface area contributed by atoms with Gasteiger partial charge in [-0.05, 0) is 20.0 Å². The van der Waals surface area contributed by atoms with E-state index < -0.39 is 0 Å². The van der Waals surface area contributed by atoms with Crippen LogP contribution in [0.25, 0.3) is 0 Å². The summed E-state index contributed by atoms with van der Waals surface area (Å²) in [6, 6.07) is 0. The lowest BCUT2D eigenvalue weighted by Gasteiger charge is -2.16. The second-order valence-electron chi connectivity index (χ2n) is 2.68. The van der Waals surface area contributed by atoms with E-state index in [1.165, 1.54) is 0 Å². The maximum Gasteiger partial charge on any atom is 0.162 e. The molecule has 10 heavy (non-hydrogen) atoms. The largest absolute Gasteiger partial charge is 0.350 e. The van der Waals surface area contributed by atoms with Crippen LogP contribution in [-0.4, -0.2) is 27.1 Å². The molecule has 0 aliphatic rings. The highest BCUT2D eigenvalue weighted by atomic mass is 16.5. The van der Waals surface area contributed by atoms with Crippen molar-refractivity contribution in [2.75, 3.05) is 20.7 Å². The van der Waals surface area contributed by atoms with Crippen LogP contribution in [0.4, 0.5) is 0 Å². The van der Waals surface area contributed by atoms with Gasteiger partial charge in [0.15, 0.2) is 6.35 Å². The van der Waals surface area contributed by atoms with Crippen molar-refractivity contribution in [2.45, 2.75) is 20.2 Å². The highest BCUT2D eigenvalue weighted by Gasteiger charge is 2.01. The van der Waals surface area contributed by atoms with Crippen molar-refractivity contribution in [3.05, 3.63) is 0 Å². The van der Waals surface area contributed by atoms with Gasteiger partial charge in [-0.25, -0.2) is 0 Å². The van der Waals surface area contributed by atoms with E-state index in [4.69, 9.17) is 4.74 Å². The molecule has 0 bridgehead atoms. The summed E-state index contributed by atoms with van der Waals surface area (Å²) in [6.45, 7) is 5.04. The van der Waals surface area contributed by atoms with Crippen LogP contribution in [0.5, 0.6) is 0 Å². The summed E-state index contributed by atoms with van der Waals surface area (Å²) in [4.78, 5) is 0. The first-order valence-electron chi connectivity index (χ1n) is 3.66. The van der Waals surface area contributed by atoms with E-state index >= 15 is 0 Å². The molecule has 2 N–H and O–H groups in total. The molecule has 0 saturated carbocycles. The van der Waals surface area contributed by atoms with E-state index in [1.807, 2.05) is 14.1 Å². The zero-order valence-corrected chi connectivity index (χ0v) is 7.27. The van der Waals surface area contributed by atoms with Gasteiger partial charge < -0.3 is 4.74 Å². The molecule has 0 amide bonds. The van der Waals surface area contributed by atoms with Gasteiger partial charge >= 0.3 is 0 Å². The Hall–Kier alpha value is -0.120. The van der Waals surface area contributed by atoms with Crippen LogP contribution >= 0.6 is 0 Å². The minimum absolute atomic E-state index is 0.0117. The van der Waals surface area contributed by atoms with Crippen molar-refractivity contribution in [2.24, 2.45) is 5.92 Å². The smallest absolute Gasteiger partial charge is 0.162 e. The first-order chi connectivity index (χ1) is 4.70. The molecule has 3 nitrogen and oxygen atoms in total. The Morgan fingerprint density at radius 1 is 1.20 bits per heavy atom. The van der Waals surface area contributed by atoms with Gasteiger partial charge in [0.25, 0.3) is 0 Å². The Bertz CT molecular complexity index is 72.0. The summed E-state index contributed by atoms with van der Waals surface area (Å²) in [7, 11) is 3.73. The molecule has 0 radical (unpaired) electrons. The fourth-order valence-electron chi connectivity index (χ4n) is 0.600. The molecular weight excluding hydrogens is 128 g/mol. The van der Waals surface area contributed by atoms with Gasteiger partial charge in [-0.1, -0.05) is 13.8 Å². The fourth-order valence-corrected chi connectivity index (χ4v) is 0.600. The number of hydrogen-bond acceptors (Lipinski definition) is 3. The zero-order chi connectivity index (χ0) is 7.98. The first-order valence-corrected chi connectivity index (χ1v) is 3.66. The fraction of sp³-hybridized carbons (Fsp3) is 1.00. The Labute approximate surface area is 63.1 Å². The van der Waals surface area contributed by atoms with E-state index in [2.05, 4.69) is 24.5 Å². The van der Waals surface area contributed by atoms with Crippen LogP contribution in [0.2, 0.25) is 0 Å². The lowest BCUT2D eigenvalue weighted by atomic mass is 10.2. The molecule has 0 atom stereocenters. The third-order valence-corrected chi connectivity index (χ3v) is 1.12. The molecule has 0 fully saturated rings. The second kappa shape index (κ2) is 5.65. The maximum atomic E-state index is 5.38. The van der Waals surface area contributed by atoms with E-state index in [1.54, 1.807) is 0 Å². The summed E-state index contributed by atoms with van der Waals surface area (Å²) in [5, 5.41) is 5.95. The minimum atomic E-state index is -0.0117. The number of hydrogen-bond donors (Lipinski definition) is 2. The summed E-state index contributed by atoms with van der Waals surface area (Å²) in [5.74, 6) is 0.587. The summed E-state index contributed by atoms with van der Waals surface area (Å²) < 4.78 is 5.38. The van der Waals surface area contributed by atoms with E-state index in [9.17, 15) is 0 Å². The summed E-state index contributed by atoms with van der Waals surface area (Å²) in [5.41, 5.74) is 0. The van der Waals surface area contributed by atoms with Gasteiger partial charge in [-0.15, -0.1) is 0 Å². The molecule has 0 unspecified atom stereocenters. The molecule has 0 aromatic heterocycles. The van der Waals surface area contributed by atoms with Crippen LogP contribution < -0.4 is 10.6 Å². The highest BCUT2D eigenvalue weighted by molar-refractivity contribution is 4.45. The Morgan fingerprint density at radius 2 is 1.70 bits per heavy atom. The van der Waals surface area contributed by atoms with Crippen molar-refractivity contribution in [1.29, 1.82) is 0 Å². The summed E-state index contributed by atoms with van der Waals surface area (Å²) in [6.07, 6.45) is -0.0117. The van der Waals surface area contributed by atoms with Crippen molar-refractivity contribution < 1.29 is 4.74 Å². The molecule has 0 heterocycles. The molecule has 0 aliphatic heterocycles. The quantitative estimate of drug-likeness (QED) is 0.550. The molecule has 0 saturated heterocycles. The van der Waals surface area contributed by atoms with Crippen LogP contribution in [0.3, 0.4) is 0 Å². The molecule has 0 spiro atoms. The predicted molar refractivity (Wildman–Crippen MR) is 42.7 cm³/mol. The van der Waals surface area contributed by atoms with Gasteiger partial charge in [-0.3, -0.25) is 10.6 Å². The predicted octanol–water partition coefficient (Wildman–Crippen LogP) is 0.381. The molecule has 0 aromatic carbocycles. The van der Waals surface area contributed by atoms with Gasteiger partial charge in [0.05, 0.1) is 6.61 Å². The Morgan fingerprint density at radius 3 is 2.00 bits per heavy atom. The van der Waals surface area contributed by atoms with Crippen LogP contribution in [0, 0.1) is 5.92 Å². The Balaban J connectivity index is 3.26. The number of rotatable bonds is 5. The van der Waals surface area contributed by atoms with E-state index in [0.29, 0.717) is 5.92 Å². The third kappa shape index (κ3) is 4.73. The average molecular weight is 146 g/mol. The molecule has 0 aliphatic carbocycles. The standard InChI is InChI=1S/C7H18N2O/c1-6(2)5-10-7(8-3)9-4/h6-9H,5H2,1-4H3. The second-order valence-corrected chi connectivity index (χ2v) is 2.68. The average Bonchev–Trinajstić information content (AvgIpc) is 1.90. The summed E-state index contributed by atoms with van der Waals surface area (Å²) >= 11 is 0. The number of nitrogens with one attached hydrogen (secondary N) is 2. The van der Waals surface area contributed by atoms with Gasteiger partial charge in [0.2, 0.25) is 0 Å². The monoisotopic (exact) mass is 146 g/mol. The van der Waals surface area contributed by atoms with E-state index in [-0.39, 0.29) is 6.35 Å². The highest BCUT2D eigenvalue weighted by Crippen LogP contribution is 1.93. The molecule has 0 aromatic rings. The molecule has 3 heteroatoms. The van der Waals surface area contributed by atoms with Crippen molar-refractivity contribution in [3.8, 4) is 0 Å². The van der Waals surface area contributed by atoms with Crippen LogP contribution in [-0.2, 0) is 4.74 Å². The lowest BCUT2D eigenvalue weighted by molar-refractivity contribution is 0.00236. The molecular formula is C7H18N2O. The minimum Gasteiger partial charge on any atom is -0.350 e.